The second kappa shape index (κ2) is 9.94. The molecule has 5 rings (SSSR count). The molecular formula is C30H39NO4S. The SMILES string of the molecule is COC(=O)[C@]12CS[C@@]3(C[C@@H](C(C)C)CC[C@@H]3C)N1CCc1cc(OCc3ccccc3)c(OC)cc12. The fourth-order valence-corrected chi connectivity index (χ4v) is 8.73. The van der Waals surface area contributed by atoms with E-state index in [4.69, 9.17) is 14.2 Å². The number of methoxy groups -OCH3 is 2. The lowest BCUT2D eigenvalue weighted by atomic mass is 9.71. The maximum absolute atomic E-state index is 13.7. The summed E-state index contributed by atoms with van der Waals surface area (Å²) in [5.74, 6) is 3.76. The molecule has 2 aromatic carbocycles. The van der Waals surface area contributed by atoms with Crippen LogP contribution in [0.15, 0.2) is 42.5 Å². The zero-order valence-electron chi connectivity index (χ0n) is 22.2. The van der Waals surface area contributed by atoms with E-state index in [9.17, 15) is 4.79 Å². The van der Waals surface area contributed by atoms with E-state index < -0.39 is 5.54 Å². The van der Waals surface area contributed by atoms with Crippen LogP contribution in [0.3, 0.4) is 0 Å². The van der Waals surface area contributed by atoms with Crippen molar-refractivity contribution in [3.63, 3.8) is 0 Å². The lowest BCUT2D eigenvalue weighted by Crippen LogP contribution is -2.63. The Morgan fingerprint density at radius 1 is 1.14 bits per heavy atom. The van der Waals surface area contributed by atoms with Crippen LogP contribution in [0.5, 0.6) is 11.5 Å². The summed E-state index contributed by atoms with van der Waals surface area (Å²) in [7, 11) is 3.19. The van der Waals surface area contributed by atoms with Crippen LogP contribution >= 0.6 is 11.8 Å². The third kappa shape index (κ3) is 4.01. The van der Waals surface area contributed by atoms with Gasteiger partial charge in [0.25, 0.3) is 0 Å². The van der Waals surface area contributed by atoms with E-state index >= 15 is 0 Å². The van der Waals surface area contributed by atoms with E-state index in [1.807, 2.05) is 36.0 Å². The van der Waals surface area contributed by atoms with Gasteiger partial charge in [-0.2, -0.15) is 0 Å². The van der Waals surface area contributed by atoms with Crippen LogP contribution in [-0.4, -0.2) is 42.3 Å². The Hall–Kier alpha value is -2.18. The Morgan fingerprint density at radius 2 is 1.92 bits per heavy atom. The Bertz CT molecular complexity index is 1110. The van der Waals surface area contributed by atoms with E-state index in [0.717, 1.165) is 41.8 Å². The third-order valence-electron chi connectivity index (χ3n) is 8.89. The van der Waals surface area contributed by atoms with Crippen molar-refractivity contribution in [2.75, 3.05) is 26.5 Å². The van der Waals surface area contributed by atoms with E-state index in [1.54, 1.807) is 7.11 Å². The largest absolute Gasteiger partial charge is 0.493 e. The Labute approximate surface area is 219 Å². The van der Waals surface area contributed by atoms with Crippen molar-refractivity contribution in [1.29, 1.82) is 0 Å². The highest BCUT2D eigenvalue weighted by Crippen LogP contribution is 2.62. The average molecular weight is 510 g/mol. The first-order valence-electron chi connectivity index (χ1n) is 13.2. The van der Waals surface area contributed by atoms with Crippen LogP contribution in [0, 0.1) is 17.8 Å². The number of carbonyl (C=O) groups is 1. The highest BCUT2D eigenvalue weighted by molar-refractivity contribution is 8.01. The smallest absolute Gasteiger partial charge is 0.331 e. The molecule has 4 atom stereocenters. The Kier molecular flexibility index (Phi) is 7.03. The van der Waals surface area contributed by atoms with Crippen LogP contribution in [0.25, 0.3) is 0 Å². The standard InChI is InChI=1S/C30H39NO4S/c1-20(2)24-12-11-21(3)30(17-24)31-14-13-23-15-27(35-18-22-9-7-6-8-10-22)26(33-4)16-25(23)29(31,19-36-30)28(32)34-5/h6-10,15-16,20-21,24H,11-14,17-19H2,1-5H3/t21-,24-,29+,30+/m0/s1. The van der Waals surface area contributed by atoms with E-state index in [0.29, 0.717) is 35.9 Å². The van der Waals surface area contributed by atoms with Gasteiger partial charge < -0.3 is 14.2 Å². The van der Waals surface area contributed by atoms with Gasteiger partial charge in [0.2, 0.25) is 0 Å². The van der Waals surface area contributed by atoms with Crippen molar-refractivity contribution in [2.45, 2.75) is 63.5 Å². The van der Waals surface area contributed by atoms with Crippen molar-refractivity contribution in [1.82, 2.24) is 4.90 Å². The third-order valence-corrected chi connectivity index (χ3v) is 10.7. The summed E-state index contributed by atoms with van der Waals surface area (Å²) < 4.78 is 17.6. The van der Waals surface area contributed by atoms with E-state index in [2.05, 4.69) is 43.9 Å². The summed E-state index contributed by atoms with van der Waals surface area (Å²) in [5.41, 5.74) is 2.48. The summed E-state index contributed by atoms with van der Waals surface area (Å²) in [6.07, 6.45) is 4.47. The number of ether oxygens (including phenoxy) is 3. The molecule has 3 aliphatic rings. The van der Waals surface area contributed by atoms with Crippen LogP contribution in [-0.2, 0) is 28.1 Å². The normalized spacial score (nSPS) is 29.6. The lowest BCUT2D eigenvalue weighted by Gasteiger charge is -2.54. The summed E-state index contributed by atoms with van der Waals surface area (Å²) >= 11 is 1.98. The van der Waals surface area contributed by atoms with Gasteiger partial charge in [-0.25, -0.2) is 4.79 Å². The molecule has 0 unspecified atom stereocenters. The van der Waals surface area contributed by atoms with Crippen molar-refractivity contribution in [3.05, 3.63) is 59.2 Å². The lowest BCUT2D eigenvalue weighted by molar-refractivity contribution is -0.159. The Balaban J connectivity index is 1.55. The van der Waals surface area contributed by atoms with Gasteiger partial charge in [-0.15, -0.1) is 11.8 Å². The monoisotopic (exact) mass is 509 g/mol. The zero-order chi connectivity index (χ0) is 25.5. The van der Waals surface area contributed by atoms with Crippen LogP contribution < -0.4 is 9.47 Å². The van der Waals surface area contributed by atoms with Gasteiger partial charge in [-0.05, 0) is 72.3 Å². The van der Waals surface area contributed by atoms with Crippen LogP contribution in [0.2, 0.25) is 0 Å². The van der Waals surface area contributed by atoms with E-state index in [-0.39, 0.29) is 10.8 Å². The molecular weight excluding hydrogens is 470 g/mol. The minimum absolute atomic E-state index is 0.0468. The predicted octanol–water partition coefficient (Wildman–Crippen LogP) is 6.04. The molecule has 6 heteroatoms. The number of carbonyl (C=O) groups excluding carboxylic acids is 1. The van der Waals surface area contributed by atoms with Gasteiger partial charge in [-0.1, -0.05) is 51.1 Å². The molecule has 5 nitrogen and oxygen atoms in total. The number of fused-ring (bicyclic) bond motifs is 4. The highest BCUT2D eigenvalue weighted by Gasteiger charge is 2.65. The first kappa shape index (κ1) is 25.5. The number of benzene rings is 2. The highest BCUT2D eigenvalue weighted by atomic mass is 32.2. The van der Waals surface area contributed by atoms with Crippen molar-refractivity contribution >= 4 is 17.7 Å². The number of hydrogen-bond acceptors (Lipinski definition) is 6. The number of rotatable bonds is 6. The van der Waals surface area contributed by atoms with Gasteiger partial charge >= 0.3 is 5.97 Å². The maximum atomic E-state index is 13.7. The van der Waals surface area contributed by atoms with Gasteiger partial charge in [0.15, 0.2) is 17.0 Å². The summed E-state index contributed by atoms with van der Waals surface area (Å²) in [6, 6.07) is 14.3. The van der Waals surface area contributed by atoms with Crippen molar-refractivity contribution in [3.8, 4) is 11.5 Å². The molecule has 0 N–H and O–H groups in total. The second-order valence-electron chi connectivity index (χ2n) is 11.0. The van der Waals surface area contributed by atoms with Gasteiger partial charge in [-0.3, -0.25) is 4.90 Å². The molecule has 0 bridgehead atoms. The summed E-state index contributed by atoms with van der Waals surface area (Å²) in [5, 5.41) is 0. The molecule has 194 valence electrons. The molecule has 0 aromatic heterocycles. The first-order chi connectivity index (χ1) is 17.4. The molecule has 2 fully saturated rings. The molecule has 1 saturated carbocycles. The van der Waals surface area contributed by atoms with Crippen molar-refractivity contribution < 1.29 is 19.0 Å². The molecule has 1 aliphatic carbocycles. The molecule has 1 spiro atoms. The second-order valence-corrected chi connectivity index (χ2v) is 12.3. The number of nitrogens with zero attached hydrogens (tertiary/aromatic N) is 1. The van der Waals surface area contributed by atoms with Crippen LogP contribution in [0.4, 0.5) is 0 Å². The van der Waals surface area contributed by atoms with Gasteiger partial charge in [0, 0.05) is 12.3 Å². The number of esters is 1. The summed E-state index contributed by atoms with van der Waals surface area (Å²) in [6.45, 7) is 8.38. The molecule has 1 saturated heterocycles. The molecule has 2 aromatic rings. The fourth-order valence-electron chi connectivity index (χ4n) is 6.71. The molecule has 2 heterocycles. The number of thioether (sulfide) groups is 1. The molecule has 2 aliphatic heterocycles. The minimum atomic E-state index is -0.800. The van der Waals surface area contributed by atoms with E-state index in [1.165, 1.54) is 20.0 Å². The predicted molar refractivity (Wildman–Crippen MR) is 144 cm³/mol. The van der Waals surface area contributed by atoms with Gasteiger partial charge in [0.1, 0.15) is 6.61 Å². The fraction of sp³-hybridized carbons (Fsp3) is 0.567. The summed E-state index contributed by atoms with van der Waals surface area (Å²) in [4.78, 5) is 16.2. The average Bonchev–Trinajstić information content (AvgIpc) is 3.24. The van der Waals surface area contributed by atoms with Crippen molar-refractivity contribution in [2.24, 2.45) is 17.8 Å². The number of hydrogen-bond donors (Lipinski definition) is 0. The minimum Gasteiger partial charge on any atom is -0.493 e. The Morgan fingerprint density at radius 3 is 2.61 bits per heavy atom. The quantitative estimate of drug-likeness (QED) is 0.443. The molecule has 0 amide bonds. The maximum Gasteiger partial charge on any atom is 0.331 e. The molecule has 0 radical (unpaired) electrons. The topological polar surface area (TPSA) is 48.0 Å². The van der Waals surface area contributed by atoms with Crippen LogP contribution in [0.1, 0.15) is 56.7 Å². The molecule has 36 heavy (non-hydrogen) atoms. The zero-order valence-corrected chi connectivity index (χ0v) is 23.0. The first-order valence-corrected chi connectivity index (χ1v) is 14.2. The van der Waals surface area contributed by atoms with Gasteiger partial charge in [0.05, 0.1) is 19.1 Å².